The molecule has 0 saturated carbocycles. The van der Waals surface area contributed by atoms with Crippen LogP contribution in [0.15, 0.2) is 30.5 Å². The van der Waals surface area contributed by atoms with Crippen molar-refractivity contribution in [1.82, 2.24) is 4.98 Å². The normalized spacial score (nSPS) is 19.1. The quantitative estimate of drug-likeness (QED) is 0.849. The number of hydrogen-bond donors (Lipinski definition) is 0. The van der Waals surface area contributed by atoms with E-state index in [1.165, 1.54) is 23.9 Å². The van der Waals surface area contributed by atoms with E-state index in [0.717, 1.165) is 36.8 Å². The standard InChI is InChI=1S/C17H21ClN2O/c1-2-21-12-13-4-3-9-20(11-13)17-7-8-19-16-10-14(18)5-6-15(16)17/h5-8,10,13H,2-4,9,11-12H2,1H3. The highest BCUT2D eigenvalue weighted by Gasteiger charge is 2.21. The predicted molar refractivity (Wildman–Crippen MR) is 88.2 cm³/mol. The highest BCUT2D eigenvalue weighted by molar-refractivity contribution is 6.31. The second-order valence-electron chi connectivity index (χ2n) is 5.61. The van der Waals surface area contributed by atoms with E-state index in [2.05, 4.69) is 28.9 Å². The van der Waals surface area contributed by atoms with Gasteiger partial charge >= 0.3 is 0 Å². The molecule has 0 radical (unpaired) electrons. The monoisotopic (exact) mass is 304 g/mol. The summed E-state index contributed by atoms with van der Waals surface area (Å²) in [6, 6.07) is 8.06. The molecule has 1 atom stereocenters. The van der Waals surface area contributed by atoms with Crippen LogP contribution in [-0.4, -0.2) is 31.3 Å². The largest absolute Gasteiger partial charge is 0.381 e. The number of rotatable bonds is 4. The third-order valence-electron chi connectivity index (χ3n) is 4.10. The van der Waals surface area contributed by atoms with Crippen molar-refractivity contribution < 1.29 is 4.74 Å². The molecule has 3 rings (SSSR count). The number of pyridine rings is 1. The molecular formula is C17H21ClN2O. The van der Waals surface area contributed by atoms with Gasteiger partial charge in [-0.25, -0.2) is 0 Å². The van der Waals surface area contributed by atoms with Gasteiger partial charge in [0.15, 0.2) is 0 Å². The van der Waals surface area contributed by atoms with Crippen LogP contribution >= 0.6 is 11.6 Å². The van der Waals surface area contributed by atoms with Crippen molar-refractivity contribution in [3.8, 4) is 0 Å². The molecule has 1 aromatic carbocycles. The summed E-state index contributed by atoms with van der Waals surface area (Å²) in [5.41, 5.74) is 2.23. The molecule has 1 fully saturated rings. The fourth-order valence-corrected chi connectivity index (χ4v) is 3.25. The lowest BCUT2D eigenvalue weighted by Crippen LogP contribution is -2.37. The maximum Gasteiger partial charge on any atom is 0.0737 e. The molecule has 0 bridgehead atoms. The maximum absolute atomic E-state index is 6.07. The first kappa shape index (κ1) is 14.6. The third kappa shape index (κ3) is 3.30. The summed E-state index contributed by atoms with van der Waals surface area (Å²) in [6.45, 7) is 5.88. The van der Waals surface area contributed by atoms with Crippen molar-refractivity contribution in [3.63, 3.8) is 0 Å². The summed E-state index contributed by atoms with van der Waals surface area (Å²) in [5, 5.41) is 1.92. The topological polar surface area (TPSA) is 25.4 Å². The van der Waals surface area contributed by atoms with Gasteiger partial charge in [0.1, 0.15) is 0 Å². The van der Waals surface area contributed by atoms with E-state index in [1.807, 2.05) is 18.3 Å². The van der Waals surface area contributed by atoms with Gasteiger partial charge in [0, 0.05) is 42.0 Å². The van der Waals surface area contributed by atoms with Gasteiger partial charge in [0.05, 0.1) is 12.1 Å². The first-order chi connectivity index (χ1) is 10.3. The number of benzene rings is 1. The molecule has 1 aliphatic rings. The molecule has 0 spiro atoms. The summed E-state index contributed by atoms with van der Waals surface area (Å²) in [4.78, 5) is 6.89. The van der Waals surface area contributed by atoms with E-state index in [9.17, 15) is 0 Å². The van der Waals surface area contributed by atoms with Crippen molar-refractivity contribution in [2.75, 3.05) is 31.2 Å². The zero-order chi connectivity index (χ0) is 14.7. The number of ether oxygens (including phenoxy) is 1. The molecule has 1 aliphatic heterocycles. The van der Waals surface area contributed by atoms with Crippen LogP contribution in [-0.2, 0) is 4.74 Å². The van der Waals surface area contributed by atoms with Gasteiger partial charge in [-0.15, -0.1) is 0 Å². The van der Waals surface area contributed by atoms with Gasteiger partial charge in [-0.3, -0.25) is 4.98 Å². The molecular weight excluding hydrogens is 284 g/mol. The van der Waals surface area contributed by atoms with E-state index in [0.29, 0.717) is 5.92 Å². The van der Waals surface area contributed by atoms with Crippen LogP contribution in [0.1, 0.15) is 19.8 Å². The summed E-state index contributed by atoms with van der Waals surface area (Å²) < 4.78 is 5.60. The Morgan fingerprint density at radius 3 is 3.14 bits per heavy atom. The van der Waals surface area contributed by atoms with Crippen LogP contribution in [0.2, 0.25) is 5.02 Å². The lowest BCUT2D eigenvalue weighted by atomic mass is 9.98. The summed E-state index contributed by atoms with van der Waals surface area (Å²) in [6.07, 6.45) is 4.35. The Balaban J connectivity index is 1.86. The maximum atomic E-state index is 6.07. The number of hydrogen-bond acceptors (Lipinski definition) is 3. The third-order valence-corrected chi connectivity index (χ3v) is 4.33. The Morgan fingerprint density at radius 1 is 1.38 bits per heavy atom. The fraction of sp³-hybridized carbons (Fsp3) is 0.471. The lowest BCUT2D eigenvalue weighted by molar-refractivity contribution is 0.104. The van der Waals surface area contributed by atoms with E-state index in [1.54, 1.807) is 0 Å². The van der Waals surface area contributed by atoms with Gasteiger partial charge < -0.3 is 9.64 Å². The minimum Gasteiger partial charge on any atom is -0.381 e. The van der Waals surface area contributed by atoms with Crippen molar-refractivity contribution in [2.24, 2.45) is 5.92 Å². The zero-order valence-electron chi connectivity index (χ0n) is 12.4. The van der Waals surface area contributed by atoms with Crippen molar-refractivity contribution in [3.05, 3.63) is 35.5 Å². The van der Waals surface area contributed by atoms with Gasteiger partial charge in [0.25, 0.3) is 0 Å². The van der Waals surface area contributed by atoms with Gasteiger partial charge in [0.2, 0.25) is 0 Å². The molecule has 2 heterocycles. The number of piperidine rings is 1. The van der Waals surface area contributed by atoms with E-state index < -0.39 is 0 Å². The van der Waals surface area contributed by atoms with E-state index in [-0.39, 0.29) is 0 Å². The Labute approximate surface area is 130 Å². The molecule has 1 saturated heterocycles. The number of aromatic nitrogens is 1. The average molecular weight is 305 g/mol. The molecule has 1 unspecified atom stereocenters. The van der Waals surface area contributed by atoms with Crippen LogP contribution in [0, 0.1) is 5.92 Å². The van der Waals surface area contributed by atoms with Crippen LogP contribution in [0.5, 0.6) is 0 Å². The van der Waals surface area contributed by atoms with E-state index in [4.69, 9.17) is 16.3 Å². The Bertz CT molecular complexity index is 617. The van der Waals surface area contributed by atoms with Crippen LogP contribution in [0.3, 0.4) is 0 Å². The molecule has 112 valence electrons. The summed E-state index contributed by atoms with van der Waals surface area (Å²) >= 11 is 6.07. The minimum absolute atomic E-state index is 0.620. The van der Waals surface area contributed by atoms with E-state index >= 15 is 0 Å². The number of nitrogens with zero attached hydrogens (tertiary/aromatic N) is 2. The van der Waals surface area contributed by atoms with Crippen LogP contribution in [0.25, 0.3) is 10.9 Å². The van der Waals surface area contributed by atoms with Gasteiger partial charge in [-0.2, -0.15) is 0 Å². The van der Waals surface area contributed by atoms with Gasteiger partial charge in [-0.1, -0.05) is 11.6 Å². The van der Waals surface area contributed by atoms with Crippen molar-refractivity contribution in [1.29, 1.82) is 0 Å². The fourth-order valence-electron chi connectivity index (χ4n) is 3.09. The molecule has 0 N–H and O–H groups in total. The SMILES string of the molecule is CCOCC1CCCN(c2ccnc3cc(Cl)ccc23)C1. The minimum atomic E-state index is 0.620. The average Bonchev–Trinajstić information content (AvgIpc) is 2.52. The molecule has 2 aromatic rings. The lowest BCUT2D eigenvalue weighted by Gasteiger charge is -2.34. The highest BCUT2D eigenvalue weighted by atomic mass is 35.5. The Kier molecular flexibility index (Phi) is 4.61. The second-order valence-corrected chi connectivity index (χ2v) is 6.04. The molecule has 21 heavy (non-hydrogen) atoms. The molecule has 0 aliphatic carbocycles. The molecule has 3 nitrogen and oxygen atoms in total. The summed E-state index contributed by atoms with van der Waals surface area (Å²) in [5.74, 6) is 0.620. The number of anilines is 1. The molecule has 0 amide bonds. The number of halogens is 1. The van der Waals surface area contributed by atoms with Crippen molar-refractivity contribution in [2.45, 2.75) is 19.8 Å². The Hall–Kier alpha value is -1.32. The second kappa shape index (κ2) is 6.63. The molecule has 4 heteroatoms. The molecule has 1 aromatic heterocycles. The smallest absolute Gasteiger partial charge is 0.0737 e. The highest BCUT2D eigenvalue weighted by Crippen LogP contribution is 2.30. The number of fused-ring (bicyclic) bond motifs is 1. The van der Waals surface area contributed by atoms with Gasteiger partial charge in [-0.05, 0) is 49.9 Å². The van der Waals surface area contributed by atoms with Crippen LogP contribution in [0.4, 0.5) is 5.69 Å². The zero-order valence-corrected chi connectivity index (χ0v) is 13.1. The first-order valence-electron chi connectivity index (χ1n) is 7.65. The summed E-state index contributed by atoms with van der Waals surface area (Å²) in [7, 11) is 0. The predicted octanol–water partition coefficient (Wildman–Crippen LogP) is 4.14. The van der Waals surface area contributed by atoms with Crippen molar-refractivity contribution >= 4 is 28.2 Å². The van der Waals surface area contributed by atoms with Crippen LogP contribution < -0.4 is 4.90 Å². The first-order valence-corrected chi connectivity index (χ1v) is 8.02. The Morgan fingerprint density at radius 2 is 2.29 bits per heavy atom.